The van der Waals surface area contributed by atoms with Crippen molar-refractivity contribution in [3.63, 3.8) is 0 Å². The third kappa shape index (κ3) is 2.98. The molecule has 0 aromatic heterocycles. The molecule has 1 heterocycles. The maximum atomic E-state index is 8.75. The Morgan fingerprint density at radius 2 is 2.15 bits per heavy atom. The second-order valence-corrected chi connectivity index (χ2v) is 3.84. The monoisotopic (exact) mass is 181 g/mol. The highest BCUT2D eigenvalue weighted by Gasteiger charge is 2.21. The zero-order valence-electron chi connectivity index (χ0n) is 8.58. The fourth-order valence-electron chi connectivity index (χ4n) is 1.91. The second-order valence-electron chi connectivity index (χ2n) is 3.84. The highest BCUT2D eigenvalue weighted by Crippen LogP contribution is 2.17. The van der Waals surface area contributed by atoms with Crippen LogP contribution in [0.25, 0.3) is 0 Å². The van der Waals surface area contributed by atoms with Gasteiger partial charge in [0.2, 0.25) is 0 Å². The Hall–Kier alpha value is -0.590. The molecule has 1 unspecified atom stereocenters. The summed E-state index contributed by atoms with van der Waals surface area (Å²) in [5, 5.41) is 12.0. The van der Waals surface area contributed by atoms with Crippen LogP contribution in [0.2, 0.25) is 0 Å². The van der Waals surface area contributed by atoms with Gasteiger partial charge in [0.15, 0.2) is 0 Å². The SMILES string of the molecule is CNCC1CCN(C(C)C#N)CC1. The number of rotatable bonds is 3. The molecule has 13 heavy (non-hydrogen) atoms. The lowest BCUT2D eigenvalue weighted by Crippen LogP contribution is -2.41. The normalized spacial score (nSPS) is 22.5. The van der Waals surface area contributed by atoms with E-state index in [0.29, 0.717) is 0 Å². The first-order valence-electron chi connectivity index (χ1n) is 5.06. The van der Waals surface area contributed by atoms with Crippen molar-refractivity contribution in [1.82, 2.24) is 10.2 Å². The van der Waals surface area contributed by atoms with E-state index in [1.165, 1.54) is 12.8 Å². The average molecular weight is 181 g/mol. The van der Waals surface area contributed by atoms with Crippen LogP contribution in [0.5, 0.6) is 0 Å². The van der Waals surface area contributed by atoms with Gasteiger partial charge in [-0.15, -0.1) is 0 Å². The maximum Gasteiger partial charge on any atom is 0.0949 e. The molecule has 3 heteroatoms. The molecule has 1 atom stereocenters. The van der Waals surface area contributed by atoms with Crippen LogP contribution in [0.4, 0.5) is 0 Å². The summed E-state index contributed by atoms with van der Waals surface area (Å²) in [4.78, 5) is 2.27. The van der Waals surface area contributed by atoms with E-state index in [1.54, 1.807) is 0 Å². The summed E-state index contributed by atoms with van der Waals surface area (Å²) in [5.41, 5.74) is 0. The van der Waals surface area contributed by atoms with Crippen molar-refractivity contribution in [2.24, 2.45) is 5.92 Å². The molecule has 1 aliphatic heterocycles. The number of hydrogen-bond donors (Lipinski definition) is 1. The third-order valence-corrected chi connectivity index (χ3v) is 2.88. The lowest BCUT2D eigenvalue weighted by Gasteiger charge is -2.33. The fraction of sp³-hybridized carbons (Fsp3) is 0.900. The van der Waals surface area contributed by atoms with Gasteiger partial charge in [-0.25, -0.2) is 0 Å². The Kier molecular flexibility index (Phi) is 4.20. The van der Waals surface area contributed by atoms with Crippen LogP contribution in [0, 0.1) is 17.2 Å². The van der Waals surface area contributed by atoms with Crippen molar-refractivity contribution in [2.45, 2.75) is 25.8 Å². The Bertz CT molecular complexity index is 177. The van der Waals surface area contributed by atoms with Gasteiger partial charge in [-0.2, -0.15) is 5.26 Å². The van der Waals surface area contributed by atoms with E-state index in [1.807, 2.05) is 14.0 Å². The van der Waals surface area contributed by atoms with Crippen LogP contribution in [-0.4, -0.2) is 37.6 Å². The van der Waals surface area contributed by atoms with E-state index >= 15 is 0 Å². The van der Waals surface area contributed by atoms with Crippen LogP contribution < -0.4 is 5.32 Å². The highest BCUT2D eigenvalue weighted by molar-refractivity contribution is 4.90. The number of nitrogens with zero attached hydrogens (tertiary/aromatic N) is 2. The van der Waals surface area contributed by atoms with Crippen molar-refractivity contribution in [3.05, 3.63) is 0 Å². The van der Waals surface area contributed by atoms with E-state index in [0.717, 1.165) is 25.6 Å². The van der Waals surface area contributed by atoms with E-state index in [9.17, 15) is 0 Å². The molecule has 0 bridgehead atoms. The predicted molar refractivity (Wildman–Crippen MR) is 53.3 cm³/mol. The largest absolute Gasteiger partial charge is 0.319 e. The number of piperidine rings is 1. The van der Waals surface area contributed by atoms with Gasteiger partial charge < -0.3 is 5.32 Å². The second kappa shape index (κ2) is 5.21. The van der Waals surface area contributed by atoms with E-state index in [4.69, 9.17) is 5.26 Å². The van der Waals surface area contributed by atoms with Gasteiger partial charge in [-0.1, -0.05) is 0 Å². The minimum absolute atomic E-state index is 0.0931. The van der Waals surface area contributed by atoms with Crippen molar-refractivity contribution in [1.29, 1.82) is 5.26 Å². The van der Waals surface area contributed by atoms with E-state index in [2.05, 4.69) is 16.3 Å². The van der Waals surface area contributed by atoms with Gasteiger partial charge in [0, 0.05) is 0 Å². The van der Waals surface area contributed by atoms with Gasteiger partial charge >= 0.3 is 0 Å². The first-order chi connectivity index (χ1) is 6.27. The molecule has 0 saturated carbocycles. The van der Waals surface area contributed by atoms with Crippen LogP contribution in [0.1, 0.15) is 19.8 Å². The van der Waals surface area contributed by atoms with Crippen molar-refractivity contribution < 1.29 is 0 Å². The Morgan fingerprint density at radius 1 is 1.54 bits per heavy atom. The lowest BCUT2D eigenvalue weighted by atomic mass is 9.96. The lowest BCUT2D eigenvalue weighted by molar-refractivity contribution is 0.165. The molecule has 1 aliphatic rings. The maximum absolute atomic E-state index is 8.75. The molecule has 1 saturated heterocycles. The first kappa shape index (κ1) is 10.5. The summed E-state index contributed by atoms with van der Waals surface area (Å²) in [5.74, 6) is 0.812. The van der Waals surface area contributed by atoms with Crippen LogP contribution in [0.15, 0.2) is 0 Å². The molecule has 0 amide bonds. The van der Waals surface area contributed by atoms with E-state index in [-0.39, 0.29) is 6.04 Å². The van der Waals surface area contributed by atoms with Gasteiger partial charge in [0.05, 0.1) is 12.1 Å². The number of likely N-dealkylation sites (tertiary alicyclic amines) is 1. The van der Waals surface area contributed by atoms with Gasteiger partial charge in [-0.05, 0) is 52.4 Å². The Labute approximate surface area is 80.7 Å². The minimum Gasteiger partial charge on any atom is -0.319 e. The number of nitriles is 1. The quantitative estimate of drug-likeness (QED) is 0.701. The molecule has 3 nitrogen and oxygen atoms in total. The summed E-state index contributed by atoms with van der Waals surface area (Å²) in [7, 11) is 2.00. The molecular formula is C10H19N3. The molecule has 74 valence electrons. The molecule has 0 aromatic rings. The first-order valence-corrected chi connectivity index (χ1v) is 5.06. The van der Waals surface area contributed by atoms with Gasteiger partial charge in [0.1, 0.15) is 0 Å². The van der Waals surface area contributed by atoms with Crippen LogP contribution >= 0.6 is 0 Å². The number of nitrogens with one attached hydrogen (secondary N) is 1. The summed E-state index contributed by atoms with van der Waals surface area (Å²) in [6.45, 7) is 5.27. The molecule has 1 N–H and O–H groups in total. The van der Waals surface area contributed by atoms with Crippen molar-refractivity contribution in [3.8, 4) is 6.07 Å². The fourth-order valence-corrected chi connectivity index (χ4v) is 1.91. The van der Waals surface area contributed by atoms with E-state index < -0.39 is 0 Å². The zero-order chi connectivity index (χ0) is 9.68. The summed E-state index contributed by atoms with van der Waals surface area (Å²) in [6, 6.07) is 2.38. The summed E-state index contributed by atoms with van der Waals surface area (Å²) >= 11 is 0. The molecule has 0 aromatic carbocycles. The van der Waals surface area contributed by atoms with Crippen LogP contribution in [-0.2, 0) is 0 Å². The molecular weight excluding hydrogens is 162 g/mol. The standard InChI is InChI=1S/C10H19N3/c1-9(7-11)13-5-3-10(4-6-13)8-12-2/h9-10,12H,3-6,8H2,1-2H3. The predicted octanol–water partition coefficient (Wildman–Crippen LogP) is 0.830. The smallest absolute Gasteiger partial charge is 0.0949 e. The number of hydrogen-bond acceptors (Lipinski definition) is 3. The topological polar surface area (TPSA) is 39.1 Å². The molecule has 1 fully saturated rings. The molecule has 0 aliphatic carbocycles. The van der Waals surface area contributed by atoms with Crippen molar-refractivity contribution >= 4 is 0 Å². The van der Waals surface area contributed by atoms with Crippen LogP contribution in [0.3, 0.4) is 0 Å². The Morgan fingerprint density at radius 3 is 2.62 bits per heavy atom. The third-order valence-electron chi connectivity index (χ3n) is 2.88. The molecule has 1 rings (SSSR count). The zero-order valence-corrected chi connectivity index (χ0v) is 8.58. The van der Waals surface area contributed by atoms with Gasteiger partial charge in [-0.3, -0.25) is 4.90 Å². The molecule has 0 spiro atoms. The Balaban J connectivity index is 2.27. The highest BCUT2D eigenvalue weighted by atomic mass is 15.2. The minimum atomic E-state index is 0.0931. The summed E-state index contributed by atoms with van der Waals surface area (Å²) in [6.07, 6.45) is 2.46. The van der Waals surface area contributed by atoms with Gasteiger partial charge in [0.25, 0.3) is 0 Å². The summed E-state index contributed by atoms with van der Waals surface area (Å²) < 4.78 is 0. The van der Waals surface area contributed by atoms with Crippen molar-refractivity contribution in [2.75, 3.05) is 26.7 Å². The molecule has 0 radical (unpaired) electrons. The average Bonchev–Trinajstić information content (AvgIpc) is 2.18.